The van der Waals surface area contributed by atoms with E-state index < -0.39 is 11.5 Å². The lowest BCUT2D eigenvalue weighted by Gasteiger charge is -2.32. The van der Waals surface area contributed by atoms with Gasteiger partial charge in [0.2, 0.25) is 0 Å². The molecule has 2 aromatic heterocycles. The van der Waals surface area contributed by atoms with E-state index in [2.05, 4.69) is 9.97 Å². The predicted molar refractivity (Wildman–Crippen MR) is 71.2 cm³/mol. The molecule has 0 saturated carbocycles. The number of hydrogen-bond acceptors (Lipinski definition) is 3. The van der Waals surface area contributed by atoms with Crippen LogP contribution < -0.4 is 10.5 Å². The van der Waals surface area contributed by atoms with Crippen molar-refractivity contribution in [1.29, 1.82) is 0 Å². The fourth-order valence-electron chi connectivity index (χ4n) is 2.30. The molecule has 0 spiro atoms. The third kappa shape index (κ3) is 1.69. The number of aromatic amines is 1. The first-order valence-corrected chi connectivity index (χ1v) is 6.15. The topological polar surface area (TPSA) is 81.0 Å². The average Bonchev–Trinajstić information content (AvgIpc) is 2.77. The lowest BCUT2D eigenvalue weighted by molar-refractivity contribution is 0.0995. The normalized spacial score (nSPS) is 15.3. The Labute approximate surface area is 114 Å². The average molecular weight is 278 g/mol. The molecule has 0 bridgehead atoms. The van der Waals surface area contributed by atoms with Crippen molar-refractivity contribution >= 4 is 17.5 Å². The number of nitrogens with zero attached hydrogens (tertiary/aromatic N) is 1. The van der Waals surface area contributed by atoms with Crippen molar-refractivity contribution in [2.45, 2.75) is 19.4 Å². The van der Waals surface area contributed by atoms with Crippen LogP contribution in [0.3, 0.4) is 0 Å². The first kappa shape index (κ1) is 12.0. The zero-order valence-corrected chi connectivity index (χ0v) is 11.2. The predicted octanol–water partition coefficient (Wildman–Crippen LogP) is 2.46. The van der Waals surface area contributed by atoms with Crippen LogP contribution in [0.25, 0.3) is 11.3 Å². The van der Waals surface area contributed by atoms with Crippen LogP contribution in [0.4, 0.5) is 0 Å². The molecular weight excluding hydrogens is 266 g/mol. The molecule has 0 radical (unpaired) electrons. The van der Waals surface area contributed by atoms with Crippen molar-refractivity contribution < 1.29 is 9.53 Å². The highest BCUT2D eigenvalue weighted by Gasteiger charge is 2.36. The Balaban J connectivity index is 2.32. The van der Waals surface area contributed by atoms with Crippen molar-refractivity contribution in [3.63, 3.8) is 0 Å². The van der Waals surface area contributed by atoms with Crippen LogP contribution in [0.15, 0.2) is 18.3 Å². The first-order chi connectivity index (χ1) is 8.90. The Morgan fingerprint density at radius 3 is 2.95 bits per heavy atom. The smallest absolute Gasteiger partial charge is 0.265 e. The summed E-state index contributed by atoms with van der Waals surface area (Å²) in [6.45, 7) is 3.80. The summed E-state index contributed by atoms with van der Waals surface area (Å²) >= 11 is 6.06. The van der Waals surface area contributed by atoms with Gasteiger partial charge in [-0.25, -0.2) is 4.98 Å². The Bertz CT molecular complexity index is 691. The second kappa shape index (κ2) is 3.74. The Morgan fingerprint density at radius 1 is 1.53 bits per heavy atom. The zero-order valence-electron chi connectivity index (χ0n) is 10.5. The van der Waals surface area contributed by atoms with Gasteiger partial charge in [-0.2, -0.15) is 0 Å². The zero-order chi connectivity index (χ0) is 13.8. The molecule has 1 aliphatic heterocycles. The molecule has 2 aromatic rings. The number of hydrogen-bond donors (Lipinski definition) is 2. The van der Waals surface area contributed by atoms with Gasteiger partial charge in [0.05, 0.1) is 5.69 Å². The molecule has 0 aromatic carbocycles. The van der Waals surface area contributed by atoms with Crippen LogP contribution in [0.2, 0.25) is 5.15 Å². The fourth-order valence-corrected chi connectivity index (χ4v) is 2.50. The molecule has 3 rings (SSSR count). The van der Waals surface area contributed by atoms with Crippen molar-refractivity contribution in [2.24, 2.45) is 5.73 Å². The number of primary amides is 1. The number of carbonyl (C=O) groups is 1. The summed E-state index contributed by atoms with van der Waals surface area (Å²) < 4.78 is 5.90. The molecule has 6 heteroatoms. The molecule has 0 atom stereocenters. The molecular formula is C13H12ClN3O2. The molecule has 19 heavy (non-hydrogen) atoms. The van der Waals surface area contributed by atoms with E-state index >= 15 is 0 Å². The van der Waals surface area contributed by atoms with Gasteiger partial charge in [0.25, 0.3) is 5.91 Å². The standard InChI is InChI=1S/C13H12ClN3O2/c1-13(2)7-5-8(12(15)18)17-9(7)6-3-4-16-11(14)10(6)19-13/h3-5,17H,1-2H3,(H2,15,18). The maximum atomic E-state index is 11.3. The largest absolute Gasteiger partial charge is 0.479 e. The van der Waals surface area contributed by atoms with Gasteiger partial charge in [-0.05, 0) is 26.0 Å². The van der Waals surface area contributed by atoms with E-state index in [1.54, 1.807) is 18.3 Å². The molecule has 1 amide bonds. The number of carbonyl (C=O) groups excluding carboxylic acids is 1. The van der Waals surface area contributed by atoms with Crippen LogP contribution in [-0.2, 0) is 5.60 Å². The quantitative estimate of drug-likeness (QED) is 0.786. The third-order valence-corrected chi connectivity index (χ3v) is 3.49. The third-order valence-electron chi connectivity index (χ3n) is 3.22. The first-order valence-electron chi connectivity index (χ1n) is 5.77. The van der Waals surface area contributed by atoms with Crippen LogP contribution in [-0.4, -0.2) is 15.9 Å². The highest BCUT2D eigenvalue weighted by Crippen LogP contribution is 2.47. The van der Waals surface area contributed by atoms with Crippen LogP contribution in [0, 0.1) is 0 Å². The van der Waals surface area contributed by atoms with Gasteiger partial charge in [0.1, 0.15) is 11.3 Å². The number of halogens is 1. The molecule has 0 unspecified atom stereocenters. The van der Waals surface area contributed by atoms with Gasteiger partial charge in [-0.15, -0.1) is 0 Å². The number of pyridine rings is 1. The molecule has 0 fully saturated rings. The summed E-state index contributed by atoms with van der Waals surface area (Å²) in [5.41, 5.74) is 7.50. The van der Waals surface area contributed by atoms with Crippen molar-refractivity contribution in [3.8, 4) is 17.0 Å². The van der Waals surface area contributed by atoms with E-state index in [9.17, 15) is 4.79 Å². The summed E-state index contributed by atoms with van der Waals surface area (Å²) in [5.74, 6) is 0.00596. The van der Waals surface area contributed by atoms with E-state index in [-0.39, 0.29) is 0 Å². The number of ether oxygens (including phenoxy) is 1. The molecule has 0 aliphatic carbocycles. The van der Waals surface area contributed by atoms with Gasteiger partial charge >= 0.3 is 0 Å². The number of amides is 1. The second-order valence-corrected chi connectivity index (χ2v) is 5.28. The number of H-pyrrole nitrogens is 1. The molecule has 3 N–H and O–H groups in total. The molecule has 5 nitrogen and oxygen atoms in total. The fraction of sp³-hybridized carbons (Fsp3) is 0.231. The maximum Gasteiger partial charge on any atom is 0.265 e. The second-order valence-electron chi connectivity index (χ2n) is 4.93. The molecule has 1 aliphatic rings. The summed E-state index contributed by atoms with van der Waals surface area (Å²) in [6.07, 6.45) is 1.59. The number of aromatic nitrogens is 2. The van der Waals surface area contributed by atoms with Gasteiger partial charge < -0.3 is 15.5 Å². The summed E-state index contributed by atoms with van der Waals surface area (Å²) in [7, 11) is 0. The van der Waals surface area contributed by atoms with Crippen molar-refractivity contribution in [3.05, 3.63) is 34.7 Å². The van der Waals surface area contributed by atoms with Crippen LogP contribution in [0.5, 0.6) is 5.75 Å². The molecule has 0 saturated heterocycles. The van der Waals surface area contributed by atoms with E-state index in [1.807, 2.05) is 13.8 Å². The minimum absolute atomic E-state index is 0.298. The SMILES string of the molecule is CC1(C)Oc2c(ccnc2Cl)-c2[nH]c(C(N)=O)cc21. The van der Waals surface area contributed by atoms with Crippen molar-refractivity contribution in [1.82, 2.24) is 9.97 Å². The molecule has 3 heterocycles. The lowest BCUT2D eigenvalue weighted by atomic mass is 9.92. The number of fused-ring (bicyclic) bond motifs is 3. The van der Waals surface area contributed by atoms with E-state index in [0.717, 1.165) is 16.8 Å². The minimum atomic E-state index is -0.612. The van der Waals surface area contributed by atoms with E-state index in [0.29, 0.717) is 16.6 Å². The Morgan fingerprint density at radius 2 is 2.26 bits per heavy atom. The van der Waals surface area contributed by atoms with Crippen molar-refractivity contribution in [2.75, 3.05) is 0 Å². The summed E-state index contributed by atoms with van der Waals surface area (Å²) in [6, 6.07) is 3.51. The van der Waals surface area contributed by atoms with Gasteiger partial charge in [0, 0.05) is 17.3 Å². The molecule has 98 valence electrons. The highest BCUT2D eigenvalue weighted by atomic mass is 35.5. The maximum absolute atomic E-state index is 11.3. The lowest BCUT2D eigenvalue weighted by Crippen LogP contribution is -2.28. The summed E-state index contributed by atoms with van der Waals surface area (Å²) in [5, 5.41) is 0.298. The highest BCUT2D eigenvalue weighted by molar-refractivity contribution is 6.31. The monoisotopic (exact) mass is 277 g/mol. The van der Waals surface area contributed by atoms with Gasteiger partial charge in [-0.1, -0.05) is 11.6 Å². The number of rotatable bonds is 1. The minimum Gasteiger partial charge on any atom is -0.479 e. The van der Waals surface area contributed by atoms with Crippen LogP contribution in [0.1, 0.15) is 29.9 Å². The Kier molecular flexibility index (Phi) is 2.37. The number of nitrogens with two attached hydrogens (primary N) is 1. The summed E-state index contributed by atoms with van der Waals surface area (Å²) in [4.78, 5) is 18.4. The number of nitrogens with one attached hydrogen (secondary N) is 1. The van der Waals surface area contributed by atoms with E-state index in [4.69, 9.17) is 22.1 Å². The van der Waals surface area contributed by atoms with Gasteiger partial charge in [-0.3, -0.25) is 4.79 Å². The van der Waals surface area contributed by atoms with Crippen LogP contribution >= 0.6 is 11.6 Å². The van der Waals surface area contributed by atoms with E-state index in [1.165, 1.54) is 0 Å². The Hall–Kier alpha value is -2.01. The van der Waals surface area contributed by atoms with Gasteiger partial charge in [0.15, 0.2) is 10.9 Å².